The standard InChI is InChI=1S/C14H13ClFN3O/c1-14(13(17)20,12-7-6-9(16)8-18-12)19-11-5-3-2-4-10(11)15/h2-8,19H,1H3,(H2,17,20). The number of halogens is 2. The first-order chi connectivity index (χ1) is 9.43. The lowest BCUT2D eigenvalue weighted by Gasteiger charge is -2.28. The van der Waals surface area contributed by atoms with Gasteiger partial charge in [-0.15, -0.1) is 0 Å². The van der Waals surface area contributed by atoms with E-state index < -0.39 is 17.3 Å². The van der Waals surface area contributed by atoms with Crippen LogP contribution in [0.2, 0.25) is 5.02 Å². The van der Waals surface area contributed by atoms with Crippen LogP contribution in [0.4, 0.5) is 10.1 Å². The largest absolute Gasteiger partial charge is 0.367 e. The van der Waals surface area contributed by atoms with Crippen LogP contribution in [0.5, 0.6) is 0 Å². The van der Waals surface area contributed by atoms with Crippen molar-refractivity contribution >= 4 is 23.2 Å². The van der Waals surface area contributed by atoms with Crippen molar-refractivity contribution in [1.82, 2.24) is 4.98 Å². The fourth-order valence-electron chi connectivity index (χ4n) is 1.76. The number of para-hydroxylation sites is 1. The monoisotopic (exact) mass is 293 g/mol. The van der Waals surface area contributed by atoms with Crippen LogP contribution in [0.25, 0.3) is 0 Å². The van der Waals surface area contributed by atoms with Crippen molar-refractivity contribution in [2.45, 2.75) is 12.5 Å². The molecule has 0 radical (unpaired) electrons. The Morgan fingerprint density at radius 2 is 2.05 bits per heavy atom. The van der Waals surface area contributed by atoms with E-state index in [4.69, 9.17) is 17.3 Å². The van der Waals surface area contributed by atoms with Crippen LogP contribution >= 0.6 is 11.6 Å². The average molecular weight is 294 g/mol. The Bertz CT molecular complexity index is 633. The second kappa shape index (κ2) is 5.46. The summed E-state index contributed by atoms with van der Waals surface area (Å²) in [5, 5.41) is 3.41. The fourth-order valence-corrected chi connectivity index (χ4v) is 1.94. The van der Waals surface area contributed by atoms with Crippen LogP contribution < -0.4 is 11.1 Å². The van der Waals surface area contributed by atoms with E-state index in [1.165, 1.54) is 12.1 Å². The number of hydrogen-bond donors (Lipinski definition) is 2. The van der Waals surface area contributed by atoms with Crippen LogP contribution in [0.1, 0.15) is 12.6 Å². The highest BCUT2D eigenvalue weighted by Crippen LogP contribution is 2.29. The maximum Gasteiger partial charge on any atom is 0.249 e. The summed E-state index contributed by atoms with van der Waals surface area (Å²) < 4.78 is 12.9. The molecule has 6 heteroatoms. The summed E-state index contributed by atoms with van der Waals surface area (Å²) in [4.78, 5) is 15.7. The summed E-state index contributed by atoms with van der Waals surface area (Å²) in [6, 6.07) is 9.57. The van der Waals surface area contributed by atoms with Gasteiger partial charge in [0.1, 0.15) is 5.82 Å². The number of nitrogens with zero attached hydrogens (tertiary/aromatic N) is 1. The van der Waals surface area contributed by atoms with E-state index in [1.54, 1.807) is 31.2 Å². The van der Waals surface area contributed by atoms with E-state index >= 15 is 0 Å². The lowest BCUT2D eigenvalue weighted by atomic mass is 9.95. The number of carbonyl (C=O) groups excluding carboxylic acids is 1. The zero-order valence-corrected chi connectivity index (χ0v) is 11.5. The molecule has 1 aromatic carbocycles. The number of carbonyl (C=O) groups is 1. The number of rotatable bonds is 4. The molecule has 3 N–H and O–H groups in total. The Balaban J connectivity index is 2.43. The third-order valence-electron chi connectivity index (χ3n) is 2.99. The molecule has 1 heterocycles. The number of benzene rings is 1. The molecular weight excluding hydrogens is 281 g/mol. The van der Waals surface area contributed by atoms with Crippen molar-refractivity contribution in [2.24, 2.45) is 5.73 Å². The predicted molar refractivity (Wildman–Crippen MR) is 75.8 cm³/mol. The zero-order valence-electron chi connectivity index (χ0n) is 10.7. The minimum absolute atomic E-state index is 0.311. The summed E-state index contributed by atoms with van der Waals surface area (Å²) in [6.07, 6.45) is 1.03. The molecule has 0 fully saturated rings. The number of nitrogens with two attached hydrogens (primary N) is 1. The molecule has 0 aliphatic heterocycles. The Kier molecular flexibility index (Phi) is 3.90. The van der Waals surface area contributed by atoms with Crippen LogP contribution in [-0.4, -0.2) is 10.9 Å². The van der Waals surface area contributed by atoms with Crippen molar-refractivity contribution in [3.8, 4) is 0 Å². The Morgan fingerprint density at radius 1 is 1.35 bits per heavy atom. The topological polar surface area (TPSA) is 68.0 Å². The van der Waals surface area contributed by atoms with Crippen molar-refractivity contribution < 1.29 is 9.18 Å². The number of pyridine rings is 1. The molecule has 2 rings (SSSR count). The molecule has 0 saturated carbocycles. The molecule has 1 amide bonds. The molecule has 20 heavy (non-hydrogen) atoms. The SMILES string of the molecule is CC(Nc1ccccc1Cl)(C(N)=O)c1ccc(F)cn1. The lowest BCUT2D eigenvalue weighted by molar-refractivity contribution is -0.122. The van der Waals surface area contributed by atoms with E-state index in [0.29, 0.717) is 16.4 Å². The number of amides is 1. The normalized spacial score (nSPS) is 13.6. The highest BCUT2D eigenvalue weighted by atomic mass is 35.5. The van der Waals surface area contributed by atoms with Gasteiger partial charge in [0, 0.05) is 0 Å². The average Bonchev–Trinajstić information content (AvgIpc) is 2.42. The van der Waals surface area contributed by atoms with Gasteiger partial charge in [0.05, 0.1) is 22.6 Å². The van der Waals surface area contributed by atoms with Gasteiger partial charge in [-0.1, -0.05) is 23.7 Å². The van der Waals surface area contributed by atoms with Crippen LogP contribution in [0, 0.1) is 5.82 Å². The summed E-state index contributed by atoms with van der Waals surface area (Å²) >= 11 is 6.05. The maximum absolute atomic E-state index is 12.9. The van der Waals surface area contributed by atoms with E-state index in [-0.39, 0.29) is 0 Å². The first-order valence-electron chi connectivity index (χ1n) is 5.88. The third kappa shape index (κ3) is 2.72. The molecule has 0 bridgehead atoms. The van der Waals surface area contributed by atoms with Gasteiger partial charge < -0.3 is 11.1 Å². The molecule has 0 aliphatic rings. The van der Waals surface area contributed by atoms with Crippen LogP contribution in [0.3, 0.4) is 0 Å². The van der Waals surface area contributed by atoms with Crippen LogP contribution in [0.15, 0.2) is 42.6 Å². The quantitative estimate of drug-likeness (QED) is 0.910. The number of hydrogen-bond acceptors (Lipinski definition) is 3. The lowest BCUT2D eigenvalue weighted by Crippen LogP contribution is -2.45. The van der Waals surface area contributed by atoms with E-state index in [0.717, 1.165) is 6.20 Å². The molecule has 2 aromatic rings. The number of nitrogens with one attached hydrogen (secondary N) is 1. The first-order valence-corrected chi connectivity index (χ1v) is 6.26. The van der Waals surface area contributed by atoms with Crippen molar-refractivity contribution in [1.29, 1.82) is 0 Å². The summed E-state index contributed by atoms with van der Waals surface area (Å²) in [6.45, 7) is 1.57. The number of primary amides is 1. The first kappa shape index (κ1) is 14.3. The molecule has 1 unspecified atom stereocenters. The van der Waals surface area contributed by atoms with Crippen molar-refractivity contribution in [3.63, 3.8) is 0 Å². The van der Waals surface area contributed by atoms with Gasteiger partial charge >= 0.3 is 0 Å². The van der Waals surface area contributed by atoms with Gasteiger partial charge in [-0.2, -0.15) is 0 Å². The van der Waals surface area contributed by atoms with Gasteiger partial charge in [-0.05, 0) is 31.2 Å². The molecule has 0 aliphatic carbocycles. The Labute approximate surface area is 120 Å². The van der Waals surface area contributed by atoms with Gasteiger partial charge in [0.2, 0.25) is 5.91 Å². The van der Waals surface area contributed by atoms with Crippen molar-refractivity contribution in [3.05, 3.63) is 59.1 Å². The minimum Gasteiger partial charge on any atom is -0.367 e. The Morgan fingerprint density at radius 3 is 2.60 bits per heavy atom. The van der Waals surface area contributed by atoms with Gasteiger partial charge in [-0.3, -0.25) is 9.78 Å². The predicted octanol–water partition coefficient (Wildman–Crippen LogP) is 2.69. The molecular formula is C14H13ClFN3O. The summed E-state index contributed by atoms with van der Waals surface area (Å²) in [5.41, 5.74) is 5.02. The van der Waals surface area contributed by atoms with Gasteiger partial charge in [0.25, 0.3) is 0 Å². The van der Waals surface area contributed by atoms with Crippen LogP contribution in [-0.2, 0) is 10.3 Å². The van der Waals surface area contributed by atoms with E-state index in [2.05, 4.69) is 10.3 Å². The maximum atomic E-state index is 12.9. The molecule has 1 aromatic heterocycles. The minimum atomic E-state index is -1.29. The van der Waals surface area contributed by atoms with Crippen molar-refractivity contribution in [2.75, 3.05) is 5.32 Å². The summed E-state index contributed by atoms with van der Waals surface area (Å²) in [5.74, 6) is -1.13. The van der Waals surface area contributed by atoms with Gasteiger partial charge in [0.15, 0.2) is 5.54 Å². The fraction of sp³-hybridized carbons (Fsp3) is 0.143. The molecule has 1 atom stereocenters. The third-order valence-corrected chi connectivity index (χ3v) is 3.32. The molecule has 0 spiro atoms. The summed E-state index contributed by atoms with van der Waals surface area (Å²) in [7, 11) is 0. The molecule has 4 nitrogen and oxygen atoms in total. The zero-order chi connectivity index (χ0) is 14.8. The van der Waals surface area contributed by atoms with Gasteiger partial charge in [-0.25, -0.2) is 4.39 Å². The highest BCUT2D eigenvalue weighted by Gasteiger charge is 2.35. The molecule has 0 saturated heterocycles. The molecule has 104 valence electrons. The second-order valence-electron chi connectivity index (χ2n) is 4.46. The number of aromatic nitrogens is 1. The van der Waals surface area contributed by atoms with E-state index in [1.807, 2.05) is 0 Å². The number of anilines is 1. The smallest absolute Gasteiger partial charge is 0.249 e. The Hall–Kier alpha value is -2.14. The van der Waals surface area contributed by atoms with E-state index in [9.17, 15) is 9.18 Å². The second-order valence-corrected chi connectivity index (χ2v) is 4.86. The highest BCUT2D eigenvalue weighted by molar-refractivity contribution is 6.33.